The third-order valence-electron chi connectivity index (χ3n) is 3.38. The Kier molecular flexibility index (Phi) is 6.85. The molecule has 0 saturated carbocycles. The van der Waals surface area contributed by atoms with E-state index in [9.17, 15) is 9.59 Å². The van der Waals surface area contributed by atoms with Crippen LogP contribution in [0.3, 0.4) is 0 Å². The SMILES string of the molecule is Cc1ccc(C(CNC(=O)CNC(=O)N(C)C)N(C)C)cc1. The zero-order chi connectivity index (χ0) is 16.7. The summed E-state index contributed by atoms with van der Waals surface area (Å²) in [4.78, 5) is 26.6. The summed E-state index contributed by atoms with van der Waals surface area (Å²) in [5.74, 6) is -0.200. The molecule has 1 unspecified atom stereocenters. The summed E-state index contributed by atoms with van der Waals surface area (Å²) in [6, 6.07) is 8.07. The van der Waals surface area contributed by atoms with Crippen LogP contribution in [-0.4, -0.2) is 63.0 Å². The maximum atomic E-state index is 11.8. The van der Waals surface area contributed by atoms with Crippen LogP contribution >= 0.6 is 0 Å². The Morgan fingerprint density at radius 3 is 2.14 bits per heavy atom. The largest absolute Gasteiger partial charge is 0.353 e. The molecule has 0 aliphatic carbocycles. The van der Waals surface area contributed by atoms with E-state index in [1.54, 1.807) is 14.1 Å². The van der Waals surface area contributed by atoms with Crippen LogP contribution in [-0.2, 0) is 4.79 Å². The zero-order valence-corrected chi connectivity index (χ0v) is 14.0. The Morgan fingerprint density at radius 2 is 1.64 bits per heavy atom. The van der Waals surface area contributed by atoms with Crippen molar-refractivity contribution in [2.45, 2.75) is 13.0 Å². The predicted octanol–water partition coefficient (Wildman–Crippen LogP) is 0.985. The van der Waals surface area contributed by atoms with Crippen molar-refractivity contribution < 1.29 is 9.59 Å². The first-order valence-electron chi connectivity index (χ1n) is 7.26. The zero-order valence-electron chi connectivity index (χ0n) is 14.0. The van der Waals surface area contributed by atoms with E-state index in [1.807, 2.05) is 21.0 Å². The third kappa shape index (κ3) is 5.73. The monoisotopic (exact) mass is 306 g/mol. The molecule has 0 fully saturated rings. The summed E-state index contributed by atoms with van der Waals surface area (Å²) in [6.45, 7) is 2.52. The van der Waals surface area contributed by atoms with E-state index in [-0.39, 0.29) is 24.5 Å². The number of urea groups is 1. The van der Waals surface area contributed by atoms with Gasteiger partial charge in [-0.2, -0.15) is 0 Å². The van der Waals surface area contributed by atoms with Crippen molar-refractivity contribution in [3.05, 3.63) is 35.4 Å². The number of amides is 3. The molecule has 0 aromatic heterocycles. The summed E-state index contributed by atoms with van der Waals surface area (Å²) in [6.07, 6.45) is 0. The molecule has 6 heteroatoms. The number of nitrogens with one attached hydrogen (secondary N) is 2. The molecule has 1 aromatic carbocycles. The molecular formula is C16H26N4O2. The van der Waals surface area contributed by atoms with Crippen LogP contribution < -0.4 is 10.6 Å². The third-order valence-corrected chi connectivity index (χ3v) is 3.38. The van der Waals surface area contributed by atoms with Gasteiger partial charge >= 0.3 is 6.03 Å². The van der Waals surface area contributed by atoms with E-state index < -0.39 is 0 Å². The average molecular weight is 306 g/mol. The molecule has 0 aliphatic heterocycles. The maximum Gasteiger partial charge on any atom is 0.317 e. The molecule has 0 radical (unpaired) electrons. The fourth-order valence-corrected chi connectivity index (χ4v) is 1.97. The summed E-state index contributed by atoms with van der Waals surface area (Å²) < 4.78 is 0. The lowest BCUT2D eigenvalue weighted by Crippen LogP contribution is -2.43. The Labute approximate surface area is 132 Å². The van der Waals surface area contributed by atoms with Crippen LogP contribution in [0.15, 0.2) is 24.3 Å². The quantitative estimate of drug-likeness (QED) is 0.823. The summed E-state index contributed by atoms with van der Waals surface area (Å²) >= 11 is 0. The van der Waals surface area contributed by atoms with Gasteiger partial charge in [0.05, 0.1) is 12.6 Å². The first-order valence-corrected chi connectivity index (χ1v) is 7.26. The molecule has 3 amide bonds. The lowest BCUT2D eigenvalue weighted by atomic mass is 10.0. The van der Waals surface area contributed by atoms with E-state index in [0.29, 0.717) is 6.54 Å². The van der Waals surface area contributed by atoms with E-state index in [0.717, 1.165) is 5.56 Å². The van der Waals surface area contributed by atoms with Gasteiger partial charge in [-0.25, -0.2) is 4.79 Å². The molecule has 6 nitrogen and oxygen atoms in total. The minimum Gasteiger partial charge on any atom is -0.353 e. The van der Waals surface area contributed by atoms with E-state index in [4.69, 9.17) is 0 Å². The number of aryl methyl sites for hydroxylation is 1. The van der Waals surface area contributed by atoms with Crippen LogP contribution in [0.5, 0.6) is 0 Å². The van der Waals surface area contributed by atoms with Gasteiger partial charge in [0.1, 0.15) is 0 Å². The fraction of sp³-hybridized carbons (Fsp3) is 0.500. The highest BCUT2D eigenvalue weighted by Crippen LogP contribution is 2.17. The molecule has 0 heterocycles. The standard InChI is InChI=1S/C16H26N4O2/c1-12-6-8-13(9-7-12)14(19(2)3)10-17-15(21)11-18-16(22)20(4)5/h6-9,14H,10-11H2,1-5H3,(H,17,21)(H,18,22). The van der Waals surface area contributed by atoms with Crippen molar-refractivity contribution in [1.29, 1.82) is 0 Å². The van der Waals surface area contributed by atoms with E-state index >= 15 is 0 Å². The summed E-state index contributed by atoms with van der Waals surface area (Å²) in [5, 5.41) is 5.40. The Hall–Kier alpha value is -2.08. The number of nitrogens with zero attached hydrogens (tertiary/aromatic N) is 2. The van der Waals surface area contributed by atoms with Gasteiger partial charge < -0.3 is 20.4 Å². The van der Waals surface area contributed by atoms with Gasteiger partial charge in [-0.15, -0.1) is 0 Å². The molecule has 2 N–H and O–H groups in total. The first-order chi connectivity index (χ1) is 10.3. The number of hydrogen-bond acceptors (Lipinski definition) is 3. The average Bonchev–Trinajstić information content (AvgIpc) is 2.46. The predicted molar refractivity (Wildman–Crippen MR) is 87.7 cm³/mol. The van der Waals surface area contributed by atoms with Gasteiger partial charge in [0.25, 0.3) is 0 Å². The second-order valence-corrected chi connectivity index (χ2v) is 5.75. The summed E-state index contributed by atoms with van der Waals surface area (Å²) in [5.41, 5.74) is 2.35. The Balaban J connectivity index is 2.53. The van der Waals surface area contributed by atoms with Gasteiger partial charge in [-0.05, 0) is 26.6 Å². The topological polar surface area (TPSA) is 64.7 Å². The van der Waals surface area contributed by atoms with Gasteiger partial charge in [0, 0.05) is 20.6 Å². The first kappa shape index (κ1) is 18.0. The normalized spacial score (nSPS) is 11.9. The van der Waals surface area contributed by atoms with Crippen molar-refractivity contribution in [3.63, 3.8) is 0 Å². The van der Waals surface area contributed by atoms with Crippen molar-refractivity contribution >= 4 is 11.9 Å². The molecule has 0 spiro atoms. The molecule has 1 rings (SSSR count). The number of carbonyl (C=O) groups excluding carboxylic acids is 2. The number of carbonyl (C=O) groups is 2. The lowest BCUT2D eigenvalue weighted by molar-refractivity contribution is -0.120. The van der Waals surface area contributed by atoms with Crippen molar-refractivity contribution in [2.75, 3.05) is 41.3 Å². The van der Waals surface area contributed by atoms with Gasteiger partial charge in [0.15, 0.2) is 0 Å². The molecule has 1 aromatic rings. The van der Waals surface area contributed by atoms with Crippen LogP contribution in [0.1, 0.15) is 17.2 Å². The Morgan fingerprint density at radius 1 is 1.05 bits per heavy atom. The molecule has 1 atom stereocenters. The number of likely N-dealkylation sites (N-methyl/N-ethyl adjacent to an activating group) is 1. The van der Waals surface area contributed by atoms with Gasteiger partial charge in [0.2, 0.25) is 5.91 Å². The minimum absolute atomic E-state index is 0.0228. The lowest BCUT2D eigenvalue weighted by Gasteiger charge is -2.25. The van der Waals surface area contributed by atoms with Crippen molar-refractivity contribution in [3.8, 4) is 0 Å². The van der Waals surface area contributed by atoms with Crippen LogP contribution in [0, 0.1) is 6.92 Å². The number of benzene rings is 1. The van der Waals surface area contributed by atoms with Crippen LogP contribution in [0.25, 0.3) is 0 Å². The minimum atomic E-state index is -0.280. The molecular weight excluding hydrogens is 280 g/mol. The molecule has 0 saturated heterocycles. The second kappa shape index (κ2) is 8.38. The van der Waals surface area contributed by atoms with Crippen LogP contribution in [0.4, 0.5) is 4.79 Å². The fourth-order valence-electron chi connectivity index (χ4n) is 1.97. The van der Waals surface area contributed by atoms with Gasteiger partial charge in [-0.1, -0.05) is 29.8 Å². The maximum absolute atomic E-state index is 11.8. The molecule has 0 bridgehead atoms. The number of rotatable bonds is 6. The number of hydrogen-bond donors (Lipinski definition) is 2. The Bertz CT molecular complexity index is 497. The molecule has 22 heavy (non-hydrogen) atoms. The smallest absolute Gasteiger partial charge is 0.317 e. The molecule has 0 aliphatic rings. The van der Waals surface area contributed by atoms with Crippen molar-refractivity contribution in [2.24, 2.45) is 0 Å². The van der Waals surface area contributed by atoms with E-state index in [2.05, 4.69) is 39.8 Å². The highest BCUT2D eigenvalue weighted by atomic mass is 16.2. The highest BCUT2D eigenvalue weighted by molar-refractivity contribution is 5.83. The molecule has 122 valence electrons. The van der Waals surface area contributed by atoms with Crippen molar-refractivity contribution in [1.82, 2.24) is 20.4 Å². The van der Waals surface area contributed by atoms with Crippen LogP contribution in [0.2, 0.25) is 0 Å². The van der Waals surface area contributed by atoms with E-state index in [1.165, 1.54) is 10.5 Å². The highest BCUT2D eigenvalue weighted by Gasteiger charge is 2.15. The summed E-state index contributed by atoms with van der Waals surface area (Å²) in [7, 11) is 7.22. The second-order valence-electron chi connectivity index (χ2n) is 5.75. The van der Waals surface area contributed by atoms with Gasteiger partial charge in [-0.3, -0.25) is 4.79 Å².